The molecule has 0 radical (unpaired) electrons. The van der Waals surface area contributed by atoms with Gasteiger partial charge in [-0.1, -0.05) is 18.2 Å². The van der Waals surface area contributed by atoms with Gasteiger partial charge in [-0.3, -0.25) is 9.59 Å². The molecule has 1 atom stereocenters. The minimum atomic E-state index is -0.906. The molecule has 2 aromatic rings. The summed E-state index contributed by atoms with van der Waals surface area (Å²) in [6.07, 6.45) is 1.64. The predicted octanol–water partition coefficient (Wildman–Crippen LogP) is 1.89. The molecular weight excluding hydrogens is 272 g/mol. The van der Waals surface area contributed by atoms with E-state index in [4.69, 9.17) is 4.42 Å². The number of anilines is 1. The zero-order chi connectivity index (χ0) is 15.0. The van der Waals surface area contributed by atoms with Crippen molar-refractivity contribution in [3.8, 4) is 0 Å². The number of aromatic nitrogens is 1. The number of carbonyl (C=O) groups excluding carboxylic acids is 1. The second kappa shape index (κ2) is 5.05. The number of carboxylic acid groups (broad SMARTS) is 1. The van der Waals surface area contributed by atoms with Gasteiger partial charge >= 0.3 is 5.97 Å². The standard InChI is InChI=1S/C15H14N2O4/c1-9-13(21-8-16-9)14(18)17-7-11(15(19)20)6-10-4-2-3-5-12(10)17/h2-5,8,11H,6-7H2,1H3,(H,19,20). The Labute approximate surface area is 121 Å². The lowest BCUT2D eigenvalue weighted by atomic mass is 9.92. The molecule has 1 unspecified atom stereocenters. The Morgan fingerprint density at radius 3 is 2.81 bits per heavy atom. The molecule has 0 saturated heterocycles. The maximum Gasteiger partial charge on any atom is 0.308 e. The van der Waals surface area contributed by atoms with Gasteiger partial charge in [-0.15, -0.1) is 0 Å². The Hall–Kier alpha value is -2.63. The maximum atomic E-state index is 12.6. The van der Waals surface area contributed by atoms with Gasteiger partial charge in [0.15, 0.2) is 6.39 Å². The van der Waals surface area contributed by atoms with Crippen LogP contribution in [0.15, 0.2) is 35.1 Å². The summed E-state index contributed by atoms with van der Waals surface area (Å²) >= 11 is 0. The average molecular weight is 286 g/mol. The van der Waals surface area contributed by atoms with E-state index in [1.165, 1.54) is 11.3 Å². The molecule has 3 rings (SSSR count). The van der Waals surface area contributed by atoms with Crippen LogP contribution in [-0.4, -0.2) is 28.5 Å². The number of fused-ring (bicyclic) bond motifs is 1. The van der Waals surface area contributed by atoms with Gasteiger partial charge in [-0.2, -0.15) is 0 Å². The van der Waals surface area contributed by atoms with Crippen molar-refractivity contribution >= 4 is 17.6 Å². The Kier molecular flexibility index (Phi) is 3.21. The number of benzene rings is 1. The number of amides is 1. The van der Waals surface area contributed by atoms with Crippen LogP contribution in [0.3, 0.4) is 0 Å². The van der Waals surface area contributed by atoms with Crippen LogP contribution >= 0.6 is 0 Å². The number of carbonyl (C=O) groups is 2. The van der Waals surface area contributed by atoms with Crippen LogP contribution in [0, 0.1) is 12.8 Å². The summed E-state index contributed by atoms with van der Waals surface area (Å²) in [4.78, 5) is 29.3. The molecule has 6 nitrogen and oxygen atoms in total. The minimum Gasteiger partial charge on any atom is -0.481 e. The lowest BCUT2D eigenvalue weighted by molar-refractivity contribution is -0.141. The average Bonchev–Trinajstić information content (AvgIpc) is 2.91. The highest BCUT2D eigenvalue weighted by molar-refractivity contribution is 6.06. The maximum absolute atomic E-state index is 12.6. The normalized spacial score (nSPS) is 17.4. The van der Waals surface area contributed by atoms with E-state index in [0.29, 0.717) is 12.1 Å². The lowest BCUT2D eigenvalue weighted by Crippen LogP contribution is -2.42. The molecule has 0 fully saturated rings. The second-order valence-corrected chi connectivity index (χ2v) is 5.05. The summed E-state index contributed by atoms with van der Waals surface area (Å²) in [6.45, 7) is 1.81. The third kappa shape index (κ3) is 2.29. The highest BCUT2D eigenvalue weighted by Crippen LogP contribution is 2.31. The molecule has 1 aromatic carbocycles. The molecule has 0 saturated carbocycles. The van der Waals surface area contributed by atoms with Crippen molar-refractivity contribution in [2.75, 3.05) is 11.4 Å². The molecule has 0 bridgehead atoms. The summed E-state index contributed by atoms with van der Waals surface area (Å²) in [5, 5.41) is 9.27. The fourth-order valence-electron chi connectivity index (χ4n) is 2.58. The molecular formula is C15H14N2O4. The lowest BCUT2D eigenvalue weighted by Gasteiger charge is -2.32. The van der Waals surface area contributed by atoms with Crippen LogP contribution < -0.4 is 4.90 Å². The molecule has 1 aliphatic rings. The summed E-state index contributed by atoms with van der Waals surface area (Å²) in [7, 11) is 0. The SMILES string of the molecule is Cc1ncoc1C(=O)N1CC(C(=O)O)Cc2ccccc21. The number of carboxylic acids is 1. The monoisotopic (exact) mass is 286 g/mol. The molecule has 21 heavy (non-hydrogen) atoms. The molecule has 2 heterocycles. The summed E-state index contributed by atoms with van der Waals surface area (Å²) < 4.78 is 5.14. The Bertz CT molecular complexity index is 707. The molecule has 6 heteroatoms. The third-order valence-electron chi connectivity index (χ3n) is 3.69. The van der Waals surface area contributed by atoms with Gasteiger partial charge in [-0.25, -0.2) is 4.98 Å². The van der Waals surface area contributed by atoms with Gasteiger partial charge in [0, 0.05) is 12.2 Å². The van der Waals surface area contributed by atoms with Crippen LogP contribution in [0.4, 0.5) is 5.69 Å². The molecule has 1 aliphatic heterocycles. The number of rotatable bonds is 2. The Balaban J connectivity index is 2.02. The first-order chi connectivity index (χ1) is 10.1. The highest BCUT2D eigenvalue weighted by Gasteiger charge is 2.34. The molecule has 108 valence electrons. The minimum absolute atomic E-state index is 0.130. The van der Waals surface area contributed by atoms with Crippen molar-refractivity contribution in [1.29, 1.82) is 0 Å². The first kappa shape index (κ1) is 13.4. The molecule has 1 aromatic heterocycles. The van der Waals surface area contributed by atoms with Crippen molar-refractivity contribution in [2.24, 2.45) is 5.92 Å². The number of nitrogens with zero attached hydrogens (tertiary/aromatic N) is 2. The van der Waals surface area contributed by atoms with E-state index in [9.17, 15) is 14.7 Å². The number of hydrogen-bond donors (Lipinski definition) is 1. The van der Waals surface area contributed by atoms with Crippen LogP contribution in [0.5, 0.6) is 0 Å². The van der Waals surface area contributed by atoms with Crippen LogP contribution in [0.1, 0.15) is 21.8 Å². The van der Waals surface area contributed by atoms with E-state index in [-0.39, 0.29) is 18.2 Å². The third-order valence-corrected chi connectivity index (χ3v) is 3.69. The second-order valence-electron chi connectivity index (χ2n) is 5.05. The van der Waals surface area contributed by atoms with E-state index in [1.54, 1.807) is 6.92 Å². The summed E-state index contributed by atoms with van der Waals surface area (Å²) in [5.41, 5.74) is 2.08. The molecule has 0 aliphatic carbocycles. The fourth-order valence-corrected chi connectivity index (χ4v) is 2.58. The topological polar surface area (TPSA) is 83.6 Å². The van der Waals surface area contributed by atoms with E-state index < -0.39 is 11.9 Å². The number of aliphatic carboxylic acids is 1. The predicted molar refractivity (Wildman–Crippen MR) is 74.2 cm³/mol. The Morgan fingerprint density at radius 2 is 2.14 bits per heavy atom. The largest absolute Gasteiger partial charge is 0.481 e. The van der Waals surface area contributed by atoms with Gasteiger partial charge in [0.1, 0.15) is 0 Å². The number of para-hydroxylation sites is 1. The van der Waals surface area contributed by atoms with E-state index in [0.717, 1.165) is 11.3 Å². The quantitative estimate of drug-likeness (QED) is 0.911. The van der Waals surface area contributed by atoms with Crippen molar-refractivity contribution in [3.05, 3.63) is 47.7 Å². The van der Waals surface area contributed by atoms with Crippen molar-refractivity contribution in [2.45, 2.75) is 13.3 Å². The molecule has 1 amide bonds. The van der Waals surface area contributed by atoms with Gasteiger partial charge in [0.2, 0.25) is 5.76 Å². The zero-order valence-electron chi connectivity index (χ0n) is 11.4. The van der Waals surface area contributed by atoms with Crippen molar-refractivity contribution < 1.29 is 19.1 Å². The fraction of sp³-hybridized carbons (Fsp3) is 0.267. The Morgan fingerprint density at radius 1 is 1.38 bits per heavy atom. The number of aryl methyl sites for hydroxylation is 1. The van der Waals surface area contributed by atoms with Gasteiger partial charge in [0.25, 0.3) is 5.91 Å². The molecule has 1 N–H and O–H groups in total. The van der Waals surface area contributed by atoms with Gasteiger partial charge < -0.3 is 14.4 Å². The number of hydrogen-bond acceptors (Lipinski definition) is 4. The highest BCUT2D eigenvalue weighted by atomic mass is 16.4. The summed E-state index contributed by atoms with van der Waals surface area (Å²) in [5.74, 6) is -1.73. The van der Waals surface area contributed by atoms with Gasteiger partial charge in [0.05, 0.1) is 11.6 Å². The van der Waals surface area contributed by atoms with Crippen LogP contribution in [0.2, 0.25) is 0 Å². The zero-order valence-corrected chi connectivity index (χ0v) is 11.4. The van der Waals surface area contributed by atoms with E-state index in [2.05, 4.69) is 4.98 Å². The van der Waals surface area contributed by atoms with E-state index in [1.807, 2.05) is 24.3 Å². The first-order valence-electron chi connectivity index (χ1n) is 6.60. The van der Waals surface area contributed by atoms with E-state index >= 15 is 0 Å². The van der Waals surface area contributed by atoms with Crippen LogP contribution in [0.25, 0.3) is 0 Å². The van der Waals surface area contributed by atoms with Crippen LogP contribution in [-0.2, 0) is 11.2 Å². The van der Waals surface area contributed by atoms with Gasteiger partial charge in [-0.05, 0) is 25.0 Å². The smallest absolute Gasteiger partial charge is 0.308 e. The van der Waals surface area contributed by atoms with Crippen molar-refractivity contribution in [1.82, 2.24) is 4.98 Å². The number of oxazole rings is 1. The molecule has 0 spiro atoms. The van der Waals surface area contributed by atoms with Crippen molar-refractivity contribution in [3.63, 3.8) is 0 Å². The summed E-state index contributed by atoms with van der Waals surface area (Å²) in [6, 6.07) is 7.33. The first-order valence-corrected chi connectivity index (χ1v) is 6.60.